The lowest BCUT2D eigenvalue weighted by atomic mass is 10.1. The second-order valence-corrected chi connectivity index (χ2v) is 5.00. The molecule has 120 valence electrons. The van der Waals surface area contributed by atoms with Gasteiger partial charge in [0.15, 0.2) is 6.10 Å². The molecule has 1 aliphatic rings. The first-order valence-electron chi connectivity index (χ1n) is 6.52. The highest BCUT2D eigenvalue weighted by atomic mass is 16.5. The molecule has 2 heterocycles. The van der Waals surface area contributed by atoms with Crippen molar-refractivity contribution in [1.82, 2.24) is 14.9 Å². The highest BCUT2D eigenvalue weighted by Gasteiger charge is 2.39. The molecule has 0 spiro atoms. The average molecular weight is 312 g/mol. The minimum atomic E-state index is -1.19. The smallest absolute Gasteiger partial charge is 0.330 e. The summed E-state index contributed by atoms with van der Waals surface area (Å²) in [6.07, 6.45) is -0.366. The molecule has 0 aromatic carbocycles. The Morgan fingerprint density at radius 3 is 2.86 bits per heavy atom. The van der Waals surface area contributed by atoms with Gasteiger partial charge in [0.1, 0.15) is 12.8 Å². The predicted molar refractivity (Wildman–Crippen MR) is 73.2 cm³/mol. The van der Waals surface area contributed by atoms with Gasteiger partial charge in [-0.15, -0.1) is 0 Å². The van der Waals surface area contributed by atoms with Gasteiger partial charge in [-0.25, -0.2) is 4.79 Å². The number of hydrogen-bond donors (Lipinski definition) is 4. The summed E-state index contributed by atoms with van der Waals surface area (Å²) in [7, 11) is 0. The second-order valence-electron chi connectivity index (χ2n) is 5.00. The van der Waals surface area contributed by atoms with E-state index in [1.807, 2.05) is 0 Å². The fourth-order valence-corrected chi connectivity index (χ4v) is 2.18. The van der Waals surface area contributed by atoms with Crippen LogP contribution in [0.5, 0.6) is 0 Å². The first-order chi connectivity index (χ1) is 10.3. The van der Waals surface area contributed by atoms with Gasteiger partial charge in [0.25, 0.3) is 11.5 Å². The maximum Gasteiger partial charge on any atom is 0.330 e. The highest BCUT2D eigenvalue weighted by molar-refractivity contribution is 5.85. The molecule has 10 nitrogen and oxygen atoms in total. The van der Waals surface area contributed by atoms with Gasteiger partial charge in [0.05, 0.1) is 0 Å². The summed E-state index contributed by atoms with van der Waals surface area (Å²) in [4.78, 5) is 47.5. The summed E-state index contributed by atoms with van der Waals surface area (Å²) in [5, 5.41) is 10.7. The standard InChI is InChI=1S/C12H16N4O6/c1-5-4-16(12(21)15-10(5)19)7-2-6(13)9(22-7)11(20)14-3-8(17)18/h4,6-7,9H,2-3,13H2,1H3,(H,14,20)(H,17,18)(H,15,19,21)/t6-,7+,9-/m1/s1. The van der Waals surface area contributed by atoms with E-state index < -0.39 is 48.0 Å². The Hall–Kier alpha value is -2.46. The molecule has 0 saturated carbocycles. The number of carboxylic acids is 1. The lowest BCUT2D eigenvalue weighted by Gasteiger charge is -2.16. The third-order valence-electron chi connectivity index (χ3n) is 3.29. The summed E-state index contributed by atoms with van der Waals surface area (Å²) < 4.78 is 6.59. The van der Waals surface area contributed by atoms with E-state index in [1.165, 1.54) is 13.1 Å². The number of nitrogens with one attached hydrogen (secondary N) is 2. The summed E-state index contributed by atoms with van der Waals surface area (Å²) >= 11 is 0. The number of aromatic amines is 1. The number of hydrogen-bond acceptors (Lipinski definition) is 6. The quantitative estimate of drug-likeness (QED) is 0.485. The molecule has 22 heavy (non-hydrogen) atoms. The fourth-order valence-electron chi connectivity index (χ4n) is 2.18. The van der Waals surface area contributed by atoms with Crippen molar-refractivity contribution in [2.75, 3.05) is 6.54 Å². The van der Waals surface area contributed by atoms with E-state index in [-0.39, 0.29) is 6.42 Å². The third kappa shape index (κ3) is 3.23. The highest BCUT2D eigenvalue weighted by Crippen LogP contribution is 2.26. The zero-order valence-corrected chi connectivity index (χ0v) is 11.7. The molecular weight excluding hydrogens is 296 g/mol. The van der Waals surface area contributed by atoms with Crippen LogP contribution in [-0.2, 0) is 14.3 Å². The summed E-state index contributed by atoms with van der Waals surface area (Å²) in [6.45, 7) is 0.981. The molecule has 1 aromatic heterocycles. The number of carbonyl (C=O) groups excluding carboxylic acids is 1. The van der Waals surface area contributed by atoms with Crippen molar-refractivity contribution in [3.8, 4) is 0 Å². The first-order valence-corrected chi connectivity index (χ1v) is 6.52. The summed E-state index contributed by atoms with van der Waals surface area (Å²) in [6, 6.07) is -0.696. The molecule has 5 N–H and O–H groups in total. The van der Waals surface area contributed by atoms with E-state index in [4.69, 9.17) is 15.6 Å². The van der Waals surface area contributed by atoms with Crippen molar-refractivity contribution >= 4 is 11.9 Å². The monoisotopic (exact) mass is 312 g/mol. The number of aryl methyl sites for hydroxylation is 1. The average Bonchev–Trinajstić information content (AvgIpc) is 2.82. The third-order valence-corrected chi connectivity index (χ3v) is 3.29. The van der Waals surface area contributed by atoms with E-state index in [1.54, 1.807) is 0 Å². The summed E-state index contributed by atoms with van der Waals surface area (Å²) in [5.74, 6) is -1.85. The molecule has 1 saturated heterocycles. The van der Waals surface area contributed by atoms with Crippen molar-refractivity contribution in [2.45, 2.75) is 31.7 Å². The normalized spacial score (nSPS) is 24.2. The molecule has 3 atom stereocenters. The maximum absolute atomic E-state index is 11.8. The Kier molecular flexibility index (Phi) is 4.43. The Morgan fingerprint density at radius 2 is 2.23 bits per heavy atom. The van der Waals surface area contributed by atoms with Gasteiger partial charge in [0, 0.05) is 24.2 Å². The number of nitrogens with two attached hydrogens (primary N) is 1. The molecule has 0 unspecified atom stereocenters. The van der Waals surface area contributed by atoms with Crippen molar-refractivity contribution in [3.63, 3.8) is 0 Å². The van der Waals surface area contributed by atoms with E-state index >= 15 is 0 Å². The number of amides is 1. The van der Waals surface area contributed by atoms with E-state index in [9.17, 15) is 19.2 Å². The van der Waals surface area contributed by atoms with Crippen LogP contribution >= 0.6 is 0 Å². The van der Waals surface area contributed by atoms with Gasteiger partial charge in [0.2, 0.25) is 0 Å². The zero-order chi connectivity index (χ0) is 16.4. The van der Waals surface area contributed by atoms with Crippen LogP contribution in [-0.4, -0.2) is 45.2 Å². The van der Waals surface area contributed by atoms with E-state index in [0.29, 0.717) is 5.56 Å². The maximum atomic E-state index is 11.8. The molecule has 1 fully saturated rings. The number of rotatable bonds is 4. The van der Waals surface area contributed by atoms with Crippen LogP contribution in [0.15, 0.2) is 15.8 Å². The molecule has 2 rings (SSSR count). The predicted octanol–water partition coefficient (Wildman–Crippen LogP) is -2.34. The molecule has 10 heteroatoms. The van der Waals surface area contributed by atoms with Crippen molar-refractivity contribution in [1.29, 1.82) is 0 Å². The number of ether oxygens (including phenoxy) is 1. The van der Waals surface area contributed by atoms with Crippen LogP contribution < -0.4 is 22.3 Å². The Balaban J connectivity index is 2.15. The van der Waals surface area contributed by atoms with Crippen LogP contribution in [0.1, 0.15) is 18.2 Å². The van der Waals surface area contributed by atoms with E-state index in [0.717, 1.165) is 4.57 Å². The number of aliphatic carboxylic acids is 1. The molecule has 0 radical (unpaired) electrons. The second kappa shape index (κ2) is 6.12. The number of aromatic nitrogens is 2. The molecule has 0 bridgehead atoms. The molecule has 1 aliphatic heterocycles. The largest absolute Gasteiger partial charge is 0.480 e. The Bertz CT molecular complexity index is 708. The zero-order valence-electron chi connectivity index (χ0n) is 11.7. The van der Waals surface area contributed by atoms with Crippen LogP contribution in [0.25, 0.3) is 0 Å². The van der Waals surface area contributed by atoms with Gasteiger partial charge in [-0.3, -0.25) is 23.9 Å². The SMILES string of the molecule is Cc1cn([C@@H]2C[C@@H](N)[C@H](C(=O)NCC(=O)O)O2)c(=O)[nH]c1=O. The first kappa shape index (κ1) is 15.9. The van der Waals surface area contributed by atoms with Gasteiger partial charge < -0.3 is 20.9 Å². The Morgan fingerprint density at radius 1 is 1.55 bits per heavy atom. The Labute approximate surface area is 123 Å². The van der Waals surface area contributed by atoms with Crippen LogP contribution in [0.4, 0.5) is 0 Å². The fraction of sp³-hybridized carbons (Fsp3) is 0.500. The van der Waals surface area contributed by atoms with Gasteiger partial charge in [-0.05, 0) is 6.92 Å². The van der Waals surface area contributed by atoms with Crippen LogP contribution in [0.3, 0.4) is 0 Å². The number of carbonyl (C=O) groups is 2. The lowest BCUT2D eigenvalue weighted by molar-refractivity contribution is -0.141. The van der Waals surface area contributed by atoms with Crippen molar-refractivity contribution < 1.29 is 19.4 Å². The van der Waals surface area contributed by atoms with E-state index in [2.05, 4.69) is 10.3 Å². The topological polar surface area (TPSA) is 157 Å². The number of carboxylic acid groups (broad SMARTS) is 1. The molecular formula is C12H16N4O6. The van der Waals surface area contributed by atoms with Gasteiger partial charge in [-0.2, -0.15) is 0 Å². The van der Waals surface area contributed by atoms with Crippen LogP contribution in [0.2, 0.25) is 0 Å². The minimum Gasteiger partial charge on any atom is -0.480 e. The molecule has 1 aromatic rings. The van der Waals surface area contributed by atoms with Crippen molar-refractivity contribution in [3.05, 3.63) is 32.6 Å². The number of H-pyrrole nitrogens is 1. The molecule has 0 aliphatic carbocycles. The molecule has 1 amide bonds. The van der Waals surface area contributed by atoms with Gasteiger partial charge >= 0.3 is 11.7 Å². The minimum absolute atomic E-state index is 0.177. The van der Waals surface area contributed by atoms with Crippen LogP contribution in [0, 0.1) is 6.92 Å². The number of nitrogens with zero attached hydrogens (tertiary/aromatic N) is 1. The van der Waals surface area contributed by atoms with Crippen molar-refractivity contribution in [2.24, 2.45) is 5.73 Å². The lowest BCUT2D eigenvalue weighted by Crippen LogP contribution is -2.45. The summed E-state index contributed by atoms with van der Waals surface area (Å²) in [5.41, 5.74) is 4.96. The van der Waals surface area contributed by atoms with Gasteiger partial charge in [-0.1, -0.05) is 0 Å².